The number of hydrogen-bond acceptors (Lipinski definition) is 2. The fourth-order valence-corrected chi connectivity index (χ4v) is 10.0. The Morgan fingerprint density at radius 2 is 0.877 bits per heavy atom. The summed E-state index contributed by atoms with van der Waals surface area (Å²) in [6.07, 6.45) is 0. The molecular weight excluding hydrogens is 691 g/mol. The Kier molecular flexibility index (Phi) is 6.88. The van der Waals surface area contributed by atoms with E-state index in [1.165, 1.54) is 65.7 Å². The molecule has 1 spiro atoms. The Morgan fingerprint density at radius 1 is 0.333 bits per heavy atom. The summed E-state index contributed by atoms with van der Waals surface area (Å²) >= 11 is 0. The topological polar surface area (TPSA) is 12.5 Å². The van der Waals surface area contributed by atoms with Crippen molar-refractivity contribution in [3.05, 3.63) is 235 Å². The maximum absolute atomic E-state index is 6.71. The predicted octanol–water partition coefficient (Wildman–Crippen LogP) is 14.8. The number of rotatable bonds is 4. The van der Waals surface area contributed by atoms with Gasteiger partial charge in [-0.15, -0.1) is 0 Å². The minimum Gasteiger partial charge on any atom is -0.457 e. The lowest BCUT2D eigenvalue weighted by Crippen LogP contribution is -2.36. The van der Waals surface area contributed by atoms with Gasteiger partial charge in [0.25, 0.3) is 0 Å². The normalized spacial score (nSPS) is 13.2. The molecule has 0 saturated heterocycles. The van der Waals surface area contributed by atoms with Crippen LogP contribution >= 0.6 is 0 Å². The highest BCUT2D eigenvalue weighted by molar-refractivity contribution is 6.16. The number of hydrogen-bond donors (Lipinski definition) is 0. The smallest absolute Gasteiger partial charge is 0.132 e. The monoisotopic (exact) mass is 725 g/mol. The molecule has 1 aliphatic carbocycles. The number of para-hydroxylation sites is 2. The van der Waals surface area contributed by atoms with Crippen LogP contribution in [0.1, 0.15) is 22.3 Å². The molecule has 0 bridgehead atoms. The van der Waals surface area contributed by atoms with Gasteiger partial charge in [-0.1, -0.05) is 188 Å². The molecule has 1 aliphatic heterocycles. The molecule has 0 unspecified atom stereocenters. The van der Waals surface area contributed by atoms with Crippen LogP contribution in [-0.2, 0) is 5.41 Å². The van der Waals surface area contributed by atoms with Gasteiger partial charge in [-0.2, -0.15) is 0 Å². The van der Waals surface area contributed by atoms with Gasteiger partial charge >= 0.3 is 0 Å². The summed E-state index contributed by atoms with van der Waals surface area (Å²) in [5.41, 5.74) is 12.5. The zero-order valence-electron chi connectivity index (χ0n) is 31.1. The van der Waals surface area contributed by atoms with Gasteiger partial charge in [-0.3, -0.25) is 0 Å². The third kappa shape index (κ3) is 4.47. The summed E-state index contributed by atoms with van der Waals surface area (Å²) in [7, 11) is 0. The second-order valence-corrected chi connectivity index (χ2v) is 15.1. The van der Waals surface area contributed by atoms with Crippen molar-refractivity contribution in [1.82, 2.24) is 0 Å². The van der Waals surface area contributed by atoms with E-state index in [2.05, 4.69) is 217 Å². The first-order chi connectivity index (χ1) is 28.3. The second-order valence-electron chi connectivity index (χ2n) is 15.1. The highest BCUT2D eigenvalue weighted by Gasteiger charge is 2.49. The molecule has 0 amide bonds. The molecule has 10 aromatic carbocycles. The summed E-state index contributed by atoms with van der Waals surface area (Å²) in [5.74, 6) is 1.78. The van der Waals surface area contributed by atoms with Crippen LogP contribution in [0.25, 0.3) is 54.6 Å². The van der Waals surface area contributed by atoms with Crippen molar-refractivity contribution in [2.45, 2.75) is 5.41 Å². The molecule has 2 nitrogen and oxygen atoms in total. The molecule has 57 heavy (non-hydrogen) atoms. The van der Waals surface area contributed by atoms with Crippen molar-refractivity contribution in [3.63, 3.8) is 0 Å². The van der Waals surface area contributed by atoms with Gasteiger partial charge in [0, 0.05) is 32.8 Å². The molecule has 0 aromatic heterocycles. The van der Waals surface area contributed by atoms with E-state index >= 15 is 0 Å². The van der Waals surface area contributed by atoms with Crippen LogP contribution < -0.4 is 9.64 Å². The zero-order valence-corrected chi connectivity index (χ0v) is 31.1. The number of ether oxygens (including phenoxy) is 1. The fourth-order valence-electron chi connectivity index (χ4n) is 10.0. The number of anilines is 3. The highest BCUT2D eigenvalue weighted by Crippen LogP contribution is 2.62. The van der Waals surface area contributed by atoms with E-state index in [9.17, 15) is 0 Å². The van der Waals surface area contributed by atoms with E-state index in [0.29, 0.717) is 0 Å². The summed E-state index contributed by atoms with van der Waals surface area (Å²) in [6, 6.07) is 77.6. The number of nitrogens with zero attached hydrogens (tertiary/aromatic N) is 1. The summed E-state index contributed by atoms with van der Waals surface area (Å²) in [6.45, 7) is 0. The SMILES string of the molecule is c1ccc(-c2ccc3ccccc3c2N(c2cccc3ccccc23)c2ccc3c4c(cccc24)C2(c4ccccc4Oc4ccccc42)c2ccccc2-3)cc1. The van der Waals surface area contributed by atoms with Crippen molar-refractivity contribution in [2.24, 2.45) is 0 Å². The molecule has 266 valence electrons. The van der Waals surface area contributed by atoms with Crippen molar-refractivity contribution in [2.75, 3.05) is 4.90 Å². The molecule has 0 saturated carbocycles. The van der Waals surface area contributed by atoms with Gasteiger partial charge in [-0.25, -0.2) is 0 Å². The first-order valence-electron chi connectivity index (χ1n) is 19.7. The molecule has 0 radical (unpaired) electrons. The zero-order chi connectivity index (χ0) is 37.5. The van der Waals surface area contributed by atoms with Crippen molar-refractivity contribution >= 4 is 49.4 Å². The highest BCUT2D eigenvalue weighted by atomic mass is 16.5. The second kappa shape index (κ2) is 12.3. The third-order valence-electron chi connectivity index (χ3n) is 12.3. The van der Waals surface area contributed by atoms with E-state index < -0.39 is 5.41 Å². The summed E-state index contributed by atoms with van der Waals surface area (Å²) in [4.78, 5) is 2.55. The number of benzene rings is 10. The maximum atomic E-state index is 6.71. The van der Waals surface area contributed by atoms with Crippen molar-refractivity contribution in [3.8, 4) is 33.8 Å². The maximum Gasteiger partial charge on any atom is 0.132 e. The van der Waals surface area contributed by atoms with Crippen LogP contribution in [0.2, 0.25) is 0 Å². The quantitative estimate of drug-likeness (QED) is 0.179. The summed E-state index contributed by atoms with van der Waals surface area (Å²) < 4.78 is 6.71. The van der Waals surface area contributed by atoms with Crippen LogP contribution in [0.15, 0.2) is 212 Å². The summed E-state index contributed by atoms with van der Waals surface area (Å²) in [5, 5.41) is 7.24. The lowest BCUT2D eigenvalue weighted by Gasteiger charge is -2.45. The molecular formula is C55H35NO. The number of fused-ring (bicyclic) bond motifs is 10. The van der Waals surface area contributed by atoms with E-state index in [-0.39, 0.29) is 0 Å². The molecule has 10 aromatic rings. The first-order valence-corrected chi connectivity index (χ1v) is 19.7. The standard InChI is InChI=1S/C55H35NO/c1-2-16-37(17-3-1)41-33-32-38-19-5-7-22-40(38)54(41)56(49-29-14-20-36-18-4-6-21-39(36)49)50-35-34-43-42-23-8-9-25-45(42)55(48-28-15-24-44(50)53(43)48)46-26-10-12-30-51(46)57-52-31-13-11-27-47(52)55/h1-35H. The van der Waals surface area contributed by atoms with Crippen LogP contribution in [0, 0.1) is 0 Å². The van der Waals surface area contributed by atoms with Gasteiger partial charge in [-0.05, 0) is 68.2 Å². The Morgan fingerprint density at radius 3 is 1.67 bits per heavy atom. The van der Waals surface area contributed by atoms with Gasteiger partial charge in [0.05, 0.1) is 22.5 Å². The molecule has 0 atom stereocenters. The van der Waals surface area contributed by atoms with E-state index in [1.807, 2.05) is 0 Å². The van der Waals surface area contributed by atoms with E-state index in [0.717, 1.165) is 39.7 Å². The van der Waals surface area contributed by atoms with E-state index in [4.69, 9.17) is 4.74 Å². The molecule has 0 fully saturated rings. The van der Waals surface area contributed by atoms with Gasteiger partial charge in [0.1, 0.15) is 11.5 Å². The predicted molar refractivity (Wildman–Crippen MR) is 236 cm³/mol. The first kappa shape index (κ1) is 31.9. The fraction of sp³-hybridized carbons (Fsp3) is 0.0182. The van der Waals surface area contributed by atoms with Crippen molar-refractivity contribution in [1.29, 1.82) is 0 Å². The van der Waals surface area contributed by atoms with Crippen LogP contribution in [0.4, 0.5) is 17.1 Å². The largest absolute Gasteiger partial charge is 0.457 e. The third-order valence-corrected chi connectivity index (χ3v) is 12.3. The Hall–Kier alpha value is -7.42. The van der Waals surface area contributed by atoms with Crippen LogP contribution in [0.5, 0.6) is 11.5 Å². The van der Waals surface area contributed by atoms with Crippen LogP contribution in [-0.4, -0.2) is 0 Å². The minimum absolute atomic E-state index is 0.605. The Balaban J connectivity index is 1.26. The minimum atomic E-state index is -0.605. The lowest BCUT2D eigenvalue weighted by molar-refractivity contribution is 0.435. The van der Waals surface area contributed by atoms with Crippen LogP contribution in [0.3, 0.4) is 0 Å². The molecule has 0 N–H and O–H groups in total. The average Bonchev–Trinajstić information content (AvgIpc) is 3.28. The molecule has 2 aliphatic rings. The Bertz CT molecular complexity index is 3180. The molecule has 12 rings (SSSR count). The lowest BCUT2D eigenvalue weighted by atomic mass is 9.58. The molecule has 2 heteroatoms. The van der Waals surface area contributed by atoms with Gasteiger partial charge in [0.2, 0.25) is 0 Å². The molecule has 1 heterocycles. The van der Waals surface area contributed by atoms with Crippen molar-refractivity contribution < 1.29 is 4.74 Å². The van der Waals surface area contributed by atoms with E-state index in [1.54, 1.807) is 0 Å². The average molecular weight is 726 g/mol. The van der Waals surface area contributed by atoms with Gasteiger partial charge in [0.15, 0.2) is 0 Å². The van der Waals surface area contributed by atoms with Gasteiger partial charge < -0.3 is 9.64 Å². The Labute approximate surface area is 331 Å².